The zero-order valence-corrected chi connectivity index (χ0v) is 24.4. The lowest BCUT2D eigenvalue weighted by Crippen LogP contribution is -1.86. The molecule has 0 atom stereocenters. The third-order valence-electron chi connectivity index (χ3n) is 7.87. The van der Waals surface area contributed by atoms with Crippen LogP contribution in [0.1, 0.15) is 128 Å². The smallest absolute Gasteiger partial charge is 0.0542 e. The van der Waals surface area contributed by atoms with Gasteiger partial charge < -0.3 is 0 Å². The molecule has 196 valence electrons. The molecule has 4 aromatic rings. The Labute approximate surface area is 228 Å². The Balaban J connectivity index is 1.00. The molecular weight excluding hydrogens is 473 g/mol. The van der Waals surface area contributed by atoms with Crippen molar-refractivity contribution in [3.05, 3.63) is 48.0 Å². The fraction of sp³-hybridized carbons (Fsp3) is 0.588. The molecule has 0 spiro atoms. The number of thiophene rings is 2. The third kappa shape index (κ3) is 8.32. The van der Waals surface area contributed by atoms with Gasteiger partial charge in [0.1, 0.15) is 0 Å². The molecule has 0 unspecified atom stereocenters. The lowest BCUT2D eigenvalue weighted by molar-refractivity contribution is 0.525. The number of hydrogen-bond acceptors (Lipinski definition) is 2. The highest BCUT2D eigenvalue weighted by molar-refractivity contribution is 7.36. The Bertz CT molecular complexity index is 1150. The van der Waals surface area contributed by atoms with Crippen molar-refractivity contribution in [1.82, 2.24) is 0 Å². The Morgan fingerprint density at radius 2 is 0.944 bits per heavy atom. The summed E-state index contributed by atoms with van der Waals surface area (Å²) in [5.74, 6) is 0. The van der Waals surface area contributed by atoms with Crippen molar-refractivity contribution in [3.63, 3.8) is 0 Å². The van der Waals surface area contributed by atoms with Gasteiger partial charge in [-0.05, 0) is 30.5 Å². The van der Waals surface area contributed by atoms with Crippen molar-refractivity contribution < 1.29 is 0 Å². The van der Waals surface area contributed by atoms with E-state index in [9.17, 15) is 0 Å². The van der Waals surface area contributed by atoms with Gasteiger partial charge >= 0.3 is 0 Å². The molecule has 2 heterocycles. The third-order valence-corrected chi connectivity index (χ3v) is 10.4. The molecule has 2 aromatic carbocycles. The number of hydrogen-bond donors (Lipinski definition) is 0. The van der Waals surface area contributed by atoms with E-state index in [1.807, 2.05) is 22.7 Å². The molecule has 0 aliphatic heterocycles. The topological polar surface area (TPSA) is 0 Å². The number of benzene rings is 2. The molecule has 0 radical (unpaired) electrons. The summed E-state index contributed by atoms with van der Waals surface area (Å²) >= 11 is 3.94. The molecule has 0 nitrogen and oxygen atoms in total. The van der Waals surface area contributed by atoms with E-state index in [0.29, 0.717) is 0 Å². The molecule has 0 saturated carbocycles. The normalized spacial score (nSPS) is 11.9. The van der Waals surface area contributed by atoms with Crippen LogP contribution in [0.4, 0.5) is 0 Å². The minimum Gasteiger partial charge on any atom is -0.134 e. The fourth-order valence-electron chi connectivity index (χ4n) is 5.64. The predicted molar refractivity (Wildman–Crippen MR) is 167 cm³/mol. The molecule has 0 amide bonds. The summed E-state index contributed by atoms with van der Waals surface area (Å²) in [5.41, 5.74) is 1.53. The van der Waals surface area contributed by atoms with Crippen molar-refractivity contribution in [3.8, 4) is 0 Å². The monoisotopic (exact) mass is 520 g/mol. The molecule has 36 heavy (non-hydrogen) atoms. The zero-order valence-electron chi connectivity index (χ0n) is 22.8. The zero-order chi connectivity index (χ0) is 24.8. The van der Waals surface area contributed by atoms with Crippen molar-refractivity contribution in [2.24, 2.45) is 0 Å². The van der Waals surface area contributed by atoms with Crippen molar-refractivity contribution >= 4 is 52.2 Å². The van der Waals surface area contributed by atoms with Crippen LogP contribution in [0, 0.1) is 0 Å². The lowest BCUT2D eigenvalue weighted by atomic mass is 10.0. The van der Waals surface area contributed by atoms with E-state index in [1.165, 1.54) is 157 Å². The van der Waals surface area contributed by atoms with Gasteiger partial charge in [-0.1, -0.05) is 146 Å². The lowest BCUT2D eigenvalue weighted by Gasteiger charge is -2.04. The van der Waals surface area contributed by atoms with Crippen LogP contribution in [0.5, 0.6) is 0 Å². The summed E-state index contributed by atoms with van der Waals surface area (Å²) < 4.78 is 5.86. The Morgan fingerprint density at radius 1 is 0.472 bits per heavy atom. The molecule has 0 aliphatic carbocycles. The first-order valence-corrected chi connectivity index (χ1v) is 16.8. The Hall–Kier alpha value is -1.38. The molecule has 2 aromatic heterocycles. The minimum atomic E-state index is 1.24. The quantitative estimate of drug-likeness (QED) is 0.108. The van der Waals surface area contributed by atoms with Crippen molar-refractivity contribution in [1.29, 1.82) is 0 Å². The molecule has 0 aliphatic rings. The average molecular weight is 521 g/mol. The first-order valence-electron chi connectivity index (χ1n) is 15.2. The highest BCUT2D eigenvalue weighted by atomic mass is 32.1. The van der Waals surface area contributed by atoms with Gasteiger partial charge in [0, 0.05) is 20.2 Å². The van der Waals surface area contributed by atoms with E-state index < -0.39 is 0 Å². The molecule has 0 bridgehead atoms. The van der Waals surface area contributed by atoms with E-state index in [2.05, 4.69) is 49.4 Å². The highest BCUT2D eigenvalue weighted by Gasteiger charge is 2.11. The molecule has 0 fully saturated rings. The largest absolute Gasteiger partial charge is 0.134 e. The van der Waals surface area contributed by atoms with E-state index in [0.717, 1.165) is 0 Å². The molecule has 4 rings (SSSR count). The first-order chi connectivity index (χ1) is 17.9. The van der Waals surface area contributed by atoms with Gasteiger partial charge in [0.25, 0.3) is 0 Å². The highest BCUT2D eigenvalue weighted by Crippen LogP contribution is 2.44. The first kappa shape index (κ1) is 27.6. The average Bonchev–Trinajstić information content (AvgIpc) is 3.43. The molecule has 0 N–H and O–H groups in total. The number of rotatable bonds is 19. The van der Waals surface area contributed by atoms with E-state index in [4.69, 9.17) is 0 Å². The molecule has 2 heteroatoms. The summed E-state index contributed by atoms with van der Waals surface area (Å²) in [6.45, 7) is 2.30. The van der Waals surface area contributed by atoms with Crippen LogP contribution in [-0.4, -0.2) is 0 Å². The van der Waals surface area contributed by atoms with Gasteiger partial charge in [0.2, 0.25) is 0 Å². The maximum Gasteiger partial charge on any atom is 0.0542 e. The second-order valence-electron chi connectivity index (χ2n) is 10.9. The van der Waals surface area contributed by atoms with Crippen LogP contribution in [0.25, 0.3) is 29.6 Å². The van der Waals surface area contributed by atoms with Gasteiger partial charge in [0.05, 0.1) is 9.40 Å². The standard InChI is InChI=1S/C34H48S2/c1-2-3-4-5-6-7-8-9-10-11-12-13-14-15-16-17-18-19-22-28-25-26-30-32(27-28)36-33-29-23-20-21-24-31(29)35-34(30)33/h20-21,23-27H,2-19,22H2,1H3. The SMILES string of the molecule is CCCCCCCCCCCCCCCCCCCCc1ccc2c(c1)sc1c3ccccc3sc21. The van der Waals surface area contributed by atoms with Gasteiger partial charge in [-0.3, -0.25) is 0 Å². The van der Waals surface area contributed by atoms with Gasteiger partial charge in [-0.15, -0.1) is 22.7 Å². The maximum atomic E-state index is 2.47. The van der Waals surface area contributed by atoms with Crippen molar-refractivity contribution in [2.75, 3.05) is 0 Å². The second kappa shape index (κ2) is 15.8. The summed E-state index contributed by atoms with van der Waals surface area (Å²) in [6.07, 6.45) is 27.2. The van der Waals surface area contributed by atoms with Gasteiger partial charge in [0.15, 0.2) is 0 Å². The van der Waals surface area contributed by atoms with Crippen LogP contribution in [0.15, 0.2) is 42.5 Å². The van der Waals surface area contributed by atoms with Crippen molar-refractivity contribution in [2.45, 2.75) is 129 Å². The van der Waals surface area contributed by atoms with Crippen LogP contribution in [0.2, 0.25) is 0 Å². The number of fused-ring (bicyclic) bond motifs is 5. The maximum absolute atomic E-state index is 2.47. The van der Waals surface area contributed by atoms with Crippen LogP contribution >= 0.6 is 22.7 Å². The van der Waals surface area contributed by atoms with Crippen LogP contribution in [0.3, 0.4) is 0 Å². The Kier molecular flexibility index (Phi) is 12.1. The number of aryl methyl sites for hydroxylation is 1. The second-order valence-corrected chi connectivity index (χ2v) is 13.1. The predicted octanol–water partition coefficient (Wildman–Crippen LogP) is 12.9. The Morgan fingerprint density at radius 3 is 1.53 bits per heavy atom. The number of unbranched alkanes of at least 4 members (excludes halogenated alkanes) is 17. The van der Waals surface area contributed by atoms with Crippen LogP contribution < -0.4 is 0 Å². The minimum absolute atomic E-state index is 1.24. The fourth-order valence-corrected chi connectivity index (χ4v) is 8.35. The molecular formula is C34H48S2. The van der Waals surface area contributed by atoms with E-state index in [-0.39, 0.29) is 0 Å². The summed E-state index contributed by atoms with van der Waals surface area (Å²) in [4.78, 5) is 0. The van der Waals surface area contributed by atoms with Crippen LogP contribution in [-0.2, 0) is 6.42 Å². The summed E-state index contributed by atoms with van der Waals surface area (Å²) in [5, 5.41) is 2.89. The summed E-state index contributed by atoms with van der Waals surface area (Å²) in [7, 11) is 0. The van der Waals surface area contributed by atoms with Gasteiger partial charge in [-0.2, -0.15) is 0 Å². The van der Waals surface area contributed by atoms with E-state index >= 15 is 0 Å². The summed E-state index contributed by atoms with van der Waals surface area (Å²) in [6, 6.07) is 16.1. The van der Waals surface area contributed by atoms with E-state index in [1.54, 1.807) is 0 Å². The molecule has 0 saturated heterocycles. The van der Waals surface area contributed by atoms with Gasteiger partial charge in [-0.25, -0.2) is 0 Å².